The number of H-pyrrole nitrogens is 1. The Morgan fingerprint density at radius 2 is 2.00 bits per heavy atom. The molecule has 1 aromatic heterocycles. The number of nitrogens with zero attached hydrogens (tertiary/aromatic N) is 1. The van der Waals surface area contributed by atoms with Crippen LogP contribution in [0.25, 0.3) is 11.4 Å². The first-order valence-electron chi connectivity index (χ1n) is 5.65. The number of hydrogen-bond acceptors (Lipinski definition) is 2. The van der Waals surface area contributed by atoms with Gasteiger partial charge in [0.05, 0.1) is 0 Å². The average Bonchev–Trinajstić information content (AvgIpc) is 2.74. The summed E-state index contributed by atoms with van der Waals surface area (Å²) in [6.45, 7) is 5.18. The van der Waals surface area contributed by atoms with Crippen LogP contribution in [-0.4, -0.2) is 16.5 Å². The van der Waals surface area contributed by atoms with E-state index < -0.39 is 0 Å². The zero-order valence-corrected chi connectivity index (χ0v) is 9.75. The van der Waals surface area contributed by atoms with Gasteiger partial charge in [0.2, 0.25) is 0 Å². The third-order valence-corrected chi connectivity index (χ3v) is 2.44. The van der Waals surface area contributed by atoms with E-state index >= 15 is 0 Å². The Bertz CT molecular complexity index is 442. The third-order valence-electron chi connectivity index (χ3n) is 2.44. The van der Waals surface area contributed by atoms with Gasteiger partial charge in [0.15, 0.2) is 0 Å². The molecule has 3 nitrogen and oxygen atoms in total. The lowest BCUT2D eigenvalue weighted by Crippen LogP contribution is -1.98. The van der Waals surface area contributed by atoms with E-state index in [2.05, 4.69) is 46.5 Å². The lowest BCUT2D eigenvalue weighted by Gasteiger charge is -2.04. The largest absolute Gasteiger partial charge is 0.385 e. The standard InChI is InChI=1S/C13H17N3/c1-3-8-14-12-6-4-11(5-7-12)13-15-9-10(2)16-13/h4-7,9,14H,3,8H2,1-2H3,(H,15,16). The molecular formula is C13H17N3. The maximum absolute atomic E-state index is 4.30. The number of anilines is 1. The van der Waals surface area contributed by atoms with E-state index in [4.69, 9.17) is 0 Å². The van der Waals surface area contributed by atoms with E-state index in [1.165, 1.54) is 0 Å². The maximum Gasteiger partial charge on any atom is 0.137 e. The van der Waals surface area contributed by atoms with Gasteiger partial charge in [-0.05, 0) is 37.6 Å². The Hall–Kier alpha value is -1.77. The molecular weight excluding hydrogens is 198 g/mol. The van der Waals surface area contributed by atoms with Crippen LogP contribution in [0.15, 0.2) is 30.5 Å². The Morgan fingerprint density at radius 3 is 2.56 bits per heavy atom. The van der Waals surface area contributed by atoms with Gasteiger partial charge in [-0.3, -0.25) is 0 Å². The minimum Gasteiger partial charge on any atom is -0.385 e. The molecule has 2 rings (SSSR count). The first-order valence-corrected chi connectivity index (χ1v) is 5.65. The molecule has 0 aliphatic heterocycles. The molecule has 0 amide bonds. The highest BCUT2D eigenvalue weighted by atomic mass is 14.9. The Balaban J connectivity index is 2.13. The van der Waals surface area contributed by atoms with Crippen molar-refractivity contribution < 1.29 is 0 Å². The second-order valence-electron chi connectivity index (χ2n) is 3.92. The van der Waals surface area contributed by atoms with Crippen LogP contribution in [0, 0.1) is 6.92 Å². The molecule has 2 aromatic rings. The van der Waals surface area contributed by atoms with E-state index in [0.717, 1.165) is 35.7 Å². The second-order valence-corrected chi connectivity index (χ2v) is 3.92. The van der Waals surface area contributed by atoms with Crippen LogP contribution in [0.3, 0.4) is 0 Å². The van der Waals surface area contributed by atoms with E-state index in [1.807, 2.05) is 13.1 Å². The summed E-state index contributed by atoms with van der Waals surface area (Å²) in [4.78, 5) is 7.53. The first kappa shape index (κ1) is 10.7. The molecule has 0 fully saturated rings. The fourth-order valence-corrected chi connectivity index (χ4v) is 1.57. The number of aryl methyl sites for hydroxylation is 1. The van der Waals surface area contributed by atoms with Crippen LogP contribution in [0.5, 0.6) is 0 Å². The number of rotatable bonds is 4. The molecule has 0 spiro atoms. The topological polar surface area (TPSA) is 40.7 Å². The van der Waals surface area contributed by atoms with Crippen molar-refractivity contribution >= 4 is 5.69 Å². The van der Waals surface area contributed by atoms with Crippen LogP contribution >= 0.6 is 0 Å². The van der Waals surface area contributed by atoms with Crippen molar-refractivity contribution in [2.45, 2.75) is 20.3 Å². The van der Waals surface area contributed by atoms with Crippen LogP contribution < -0.4 is 5.32 Å². The second kappa shape index (κ2) is 4.84. The van der Waals surface area contributed by atoms with Crippen LogP contribution in [0.1, 0.15) is 19.0 Å². The van der Waals surface area contributed by atoms with Crippen LogP contribution in [0.4, 0.5) is 5.69 Å². The molecule has 0 unspecified atom stereocenters. The zero-order chi connectivity index (χ0) is 11.4. The molecule has 84 valence electrons. The van der Waals surface area contributed by atoms with Crippen molar-refractivity contribution in [2.75, 3.05) is 11.9 Å². The molecule has 0 saturated carbocycles. The minimum absolute atomic E-state index is 0.930. The molecule has 0 bridgehead atoms. The summed E-state index contributed by atoms with van der Waals surface area (Å²) in [5, 5.41) is 3.35. The van der Waals surface area contributed by atoms with Gasteiger partial charge in [-0.25, -0.2) is 4.98 Å². The first-order chi connectivity index (χ1) is 7.79. The smallest absolute Gasteiger partial charge is 0.137 e. The molecule has 1 heterocycles. The number of nitrogens with one attached hydrogen (secondary N) is 2. The van der Waals surface area contributed by atoms with Gasteiger partial charge in [-0.15, -0.1) is 0 Å². The van der Waals surface area contributed by atoms with E-state index in [-0.39, 0.29) is 0 Å². The molecule has 3 heteroatoms. The molecule has 0 radical (unpaired) electrons. The fourth-order valence-electron chi connectivity index (χ4n) is 1.57. The number of aromatic amines is 1. The predicted octanol–water partition coefficient (Wildman–Crippen LogP) is 3.21. The van der Waals surface area contributed by atoms with Crippen LogP contribution in [-0.2, 0) is 0 Å². The highest BCUT2D eigenvalue weighted by Gasteiger charge is 2.00. The Morgan fingerprint density at radius 1 is 1.25 bits per heavy atom. The molecule has 16 heavy (non-hydrogen) atoms. The molecule has 0 saturated heterocycles. The summed E-state index contributed by atoms with van der Waals surface area (Å²) in [6, 6.07) is 8.33. The zero-order valence-electron chi connectivity index (χ0n) is 9.75. The highest BCUT2D eigenvalue weighted by molar-refractivity contribution is 5.59. The predicted molar refractivity (Wildman–Crippen MR) is 67.5 cm³/mol. The highest BCUT2D eigenvalue weighted by Crippen LogP contribution is 2.18. The summed E-state index contributed by atoms with van der Waals surface area (Å²) in [5.41, 5.74) is 3.37. The van der Waals surface area contributed by atoms with Gasteiger partial charge in [-0.1, -0.05) is 6.92 Å². The quantitative estimate of drug-likeness (QED) is 0.822. The third kappa shape index (κ3) is 2.42. The molecule has 1 aromatic carbocycles. The normalized spacial score (nSPS) is 10.4. The minimum atomic E-state index is 0.930. The van der Waals surface area contributed by atoms with Gasteiger partial charge in [0.25, 0.3) is 0 Å². The lowest BCUT2D eigenvalue weighted by molar-refractivity contribution is 0.980. The summed E-state index contributed by atoms with van der Waals surface area (Å²) < 4.78 is 0. The van der Waals surface area contributed by atoms with Gasteiger partial charge in [0, 0.05) is 29.7 Å². The van der Waals surface area contributed by atoms with E-state index in [1.54, 1.807) is 0 Å². The number of hydrogen-bond donors (Lipinski definition) is 2. The fraction of sp³-hybridized carbons (Fsp3) is 0.308. The lowest BCUT2D eigenvalue weighted by atomic mass is 10.2. The number of aromatic nitrogens is 2. The van der Waals surface area contributed by atoms with Gasteiger partial charge in [0.1, 0.15) is 5.82 Å². The summed E-state index contributed by atoms with van der Waals surface area (Å²) in [5.74, 6) is 0.930. The molecule has 0 aliphatic rings. The number of imidazole rings is 1. The SMILES string of the molecule is CCCNc1ccc(-c2ncc(C)[nH]2)cc1. The molecule has 0 atom stereocenters. The van der Waals surface area contributed by atoms with Crippen molar-refractivity contribution in [2.24, 2.45) is 0 Å². The Kier molecular flexibility index (Phi) is 3.25. The van der Waals surface area contributed by atoms with E-state index in [0.29, 0.717) is 0 Å². The van der Waals surface area contributed by atoms with Crippen molar-refractivity contribution in [1.82, 2.24) is 9.97 Å². The van der Waals surface area contributed by atoms with E-state index in [9.17, 15) is 0 Å². The van der Waals surface area contributed by atoms with Crippen molar-refractivity contribution in [1.29, 1.82) is 0 Å². The number of benzene rings is 1. The van der Waals surface area contributed by atoms with Gasteiger partial charge < -0.3 is 10.3 Å². The van der Waals surface area contributed by atoms with Crippen LogP contribution in [0.2, 0.25) is 0 Å². The van der Waals surface area contributed by atoms with Gasteiger partial charge >= 0.3 is 0 Å². The average molecular weight is 215 g/mol. The summed E-state index contributed by atoms with van der Waals surface area (Å²) >= 11 is 0. The maximum atomic E-state index is 4.30. The molecule has 0 aliphatic carbocycles. The Labute approximate surface area is 95.9 Å². The molecule has 2 N–H and O–H groups in total. The summed E-state index contributed by atoms with van der Waals surface area (Å²) in [7, 11) is 0. The van der Waals surface area contributed by atoms with Crippen molar-refractivity contribution in [3.05, 3.63) is 36.2 Å². The van der Waals surface area contributed by atoms with Gasteiger partial charge in [-0.2, -0.15) is 0 Å². The van der Waals surface area contributed by atoms with Crippen molar-refractivity contribution in [3.8, 4) is 11.4 Å². The van der Waals surface area contributed by atoms with Crippen molar-refractivity contribution in [3.63, 3.8) is 0 Å². The monoisotopic (exact) mass is 215 g/mol. The summed E-state index contributed by atoms with van der Waals surface area (Å²) in [6.07, 6.45) is 2.98.